The maximum atomic E-state index is 11.8. The van der Waals surface area contributed by atoms with Gasteiger partial charge in [-0.15, -0.1) is 0 Å². The maximum Gasteiger partial charge on any atom is 0.287 e. The van der Waals surface area contributed by atoms with Crippen LogP contribution in [-0.4, -0.2) is 26.1 Å². The second-order valence-electron chi connectivity index (χ2n) is 3.00. The molecule has 0 unspecified atom stereocenters. The Bertz CT molecular complexity index is 470. The van der Waals surface area contributed by atoms with Gasteiger partial charge in [-0.05, 0) is 12.1 Å². The highest BCUT2D eigenvalue weighted by Gasteiger charge is 2.20. The topological polar surface area (TPSA) is 99.9 Å². The molecule has 1 aromatic carbocycles. The van der Waals surface area contributed by atoms with Crippen LogP contribution in [0.1, 0.15) is 10.4 Å². The smallest absolute Gasteiger partial charge is 0.287 e. The van der Waals surface area contributed by atoms with Gasteiger partial charge in [0.25, 0.3) is 5.91 Å². The molecular weight excluding hydrogens is 246 g/mol. The first-order valence-corrected chi connectivity index (χ1v) is 4.93. The van der Waals surface area contributed by atoms with Gasteiger partial charge in [-0.25, -0.2) is 0 Å². The molecule has 0 aliphatic heterocycles. The van der Waals surface area contributed by atoms with Gasteiger partial charge in [0.15, 0.2) is 11.7 Å². The minimum absolute atomic E-state index is 0.0795. The van der Waals surface area contributed by atoms with Gasteiger partial charge in [-0.1, -0.05) is 11.6 Å². The molecule has 4 N–H and O–H groups in total. The van der Waals surface area contributed by atoms with Gasteiger partial charge in [0.1, 0.15) is 11.3 Å². The summed E-state index contributed by atoms with van der Waals surface area (Å²) >= 11 is 5.90. The molecule has 0 spiro atoms. The number of methoxy groups -OCH3 is 2. The molecule has 0 fully saturated rings. The number of rotatable bonds is 3. The number of hydrogen-bond acceptors (Lipinski definition) is 3. The summed E-state index contributed by atoms with van der Waals surface area (Å²) in [6.45, 7) is 0. The monoisotopic (exact) mass is 257 g/mol. The third kappa shape index (κ3) is 2.79. The lowest BCUT2D eigenvalue weighted by Gasteiger charge is -2.11. The first-order valence-electron chi connectivity index (χ1n) is 4.55. The van der Waals surface area contributed by atoms with Crippen molar-refractivity contribution in [2.75, 3.05) is 14.2 Å². The van der Waals surface area contributed by atoms with Gasteiger partial charge in [0.05, 0.1) is 19.2 Å². The first-order chi connectivity index (χ1) is 8.01. The highest BCUT2D eigenvalue weighted by atomic mass is 35.5. The number of ether oxygens (including phenoxy) is 2. The maximum absolute atomic E-state index is 11.8. The number of carbonyl (C=O) groups is 1. The number of aliphatic imine (C=N–C) groups is 1. The largest absolute Gasteiger partial charge is 0.496 e. The van der Waals surface area contributed by atoms with Crippen LogP contribution in [0.2, 0.25) is 5.02 Å². The number of hydrogen-bond donors (Lipinski definition) is 2. The number of guanidine groups is 1. The highest BCUT2D eigenvalue weighted by Crippen LogP contribution is 2.35. The summed E-state index contributed by atoms with van der Waals surface area (Å²) in [6.07, 6.45) is 0. The lowest BCUT2D eigenvalue weighted by atomic mass is 10.1. The van der Waals surface area contributed by atoms with Gasteiger partial charge in [-0.2, -0.15) is 4.99 Å². The second kappa shape index (κ2) is 5.40. The number of nitrogens with two attached hydrogens (primary N) is 2. The first kappa shape index (κ1) is 13.1. The summed E-state index contributed by atoms with van der Waals surface area (Å²) in [4.78, 5) is 15.2. The van der Waals surface area contributed by atoms with Crippen molar-refractivity contribution in [3.63, 3.8) is 0 Å². The van der Waals surface area contributed by atoms with Gasteiger partial charge >= 0.3 is 0 Å². The van der Waals surface area contributed by atoms with Crippen molar-refractivity contribution in [1.82, 2.24) is 0 Å². The lowest BCUT2D eigenvalue weighted by Crippen LogP contribution is -2.24. The summed E-state index contributed by atoms with van der Waals surface area (Å²) in [6, 6.07) is 3.08. The van der Waals surface area contributed by atoms with Gasteiger partial charge < -0.3 is 20.9 Å². The van der Waals surface area contributed by atoms with Crippen LogP contribution in [0.3, 0.4) is 0 Å². The van der Waals surface area contributed by atoms with E-state index in [0.29, 0.717) is 0 Å². The van der Waals surface area contributed by atoms with E-state index in [1.54, 1.807) is 6.07 Å². The number of benzene rings is 1. The van der Waals surface area contributed by atoms with Crippen LogP contribution in [0, 0.1) is 0 Å². The molecule has 0 saturated heterocycles. The van der Waals surface area contributed by atoms with Crippen molar-refractivity contribution >= 4 is 23.5 Å². The Labute approximate surface area is 103 Å². The summed E-state index contributed by atoms with van der Waals surface area (Å²) < 4.78 is 10.1. The minimum Gasteiger partial charge on any atom is -0.496 e. The molecule has 1 amide bonds. The highest BCUT2D eigenvalue weighted by molar-refractivity contribution is 6.33. The molecule has 7 heteroatoms. The molecule has 0 atom stereocenters. The Kier molecular flexibility index (Phi) is 4.17. The fourth-order valence-corrected chi connectivity index (χ4v) is 1.52. The van der Waals surface area contributed by atoms with E-state index in [-0.39, 0.29) is 28.0 Å². The average Bonchev–Trinajstić information content (AvgIpc) is 2.27. The summed E-state index contributed by atoms with van der Waals surface area (Å²) in [5.41, 5.74) is 10.4. The van der Waals surface area contributed by atoms with Crippen LogP contribution >= 0.6 is 11.6 Å². The Balaban J connectivity index is 3.42. The molecule has 0 radical (unpaired) electrons. The molecular formula is C10H12ClN3O3. The number of halogens is 1. The molecule has 0 heterocycles. The van der Waals surface area contributed by atoms with E-state index in [1.807, 2.05) is 0 Å². The summed E-state index contributed by atoms with van der Waals surface area (Å²) in [5.74, 6) is -0.581. The van der Waals surface area contributed by atoms with Crippen molar-refractivity contribution in [1.29, 1.82) is 0 Å². The molecule has 0 aliphatic carbocycles. The zero-order valence-electron chi connectivity index (χ0n) is 9.36. The van der Waals surface area contributed by atoms with E-state index < -0.39 is 5.91 Å². The molecule has 1 rings (SSSR count). The average molecular weight is 258 g/mol. The van der Waals surface area contributed by atoms with Crippen LogP contribution < -0.4 is 20.9 Å². The van der Waals surface area contributed by atoms with E-state index in [4.69, 9.17) is 32.5 Å². The number of carbonyl (C=O) groups excluding carboxylic acids is 1. The SMILES string of the molecule is COc1ccc(Cl)c(OC)c1C(=O)N=C(N)N. The Morgan fingerprint density at radius 3 is 2.41 bits per heavy atom. The lowest BCUT2D eigenvalue weighted by molar-refractivity contribution is 0.0996. The minimum atomic E-state index is -0.679. The van der Waals surface area contributed by atoms with Crippen LogP contribution in [0.5, 0.6) is 11.5 Å². The van der Waals surface area contributed by atoms with Crippen molar-refractivity contribution in [2.24, 2.45) is 16.5 Å². The van der Waals surface area contributed by atoms with Crippen molar-refractivity contribution in [3.8, 4) is 11.5 Å². The summed E-state index contributed by atoms with van der Waals surface area (Å²) in [5, 5.41) is 0.266. The van der Waals surface area contributed by atoms with E-state index in [1.165, 1.54) is 20.3 Å². The standard InChI is InChI=1S/C10H12ClN3O3/c1-16-6-4-3-5(11)8(17-2)7(6)9(15)14-10(12)13/h3-4H,1-2H3,(H4,12,13,14,15). The normalized spacial score (nSPS) is 9.59. The quantitative estimate of drug-likeness (QED) is 0.615. The predicted molar refractivity (Wildman–Crippen MR) is 64.7 cm³/mol. The van der Waals surface area contributed by atoms with E-state index >= 15 is 0 Å². The molecule has 0 aromatic heterocycles. The fourth-order valence-electron chi connectivity index (χ4n) is 1.28. The molecule has 17 heavy (non-hydrogen) atoms. The summed E-state index contributed by atoms with van der Waals surface area (Å²) in [7, 11) is 2.79. The zero-order valence-corrected chi connectivity index (χ0v) is 10.1. The van der Waals surface area contributed by atoms with Gasteiger partial charge in [0.2, 0.25) is 0 Å². The molecule has 92 valence electrons. The van der Waals surface area contributed by atoms with Crippen molar-refractivity contribution < 1.29 is 14.3 Å². The van der Waals surface area contributed by atoms with Crippen LogP contribution in [0.4, 0.5) is 0 Å². The Morgan fingerprint density at radius 2 is 1.94 bits per heavy atom. The van der Waals surface area contributed by atoms with Crippen LogP contribution in [-0.2, 0) is 0 Å². The Hall–Kier alpha value is -1.95. The number of nitrogens with zero attached hydrogens (tertiary/aromatic N) is 1. The number of amides is 1. The van der Waals surface area contributed by atoms with Gasteiger partial charge in [0, 0.05) is 0 Å². The molecule has 0 aliphatic rings. The van der Waals surface area contributed by atoms with E-state index in [2.05, 4.69) is 4.99 Å². The van der Waals surface area contributed by atoms with E-state index in [0.717, 1.165) is 0 Å². The zero-order chi connectivity index (χ0) is 13.0. The van der Waals surface area contributed by atoms with Crippen molar-refractivity contribution in [2.45, 2.75) is 0 Å². The van der Waals surface area contributed by atoms with Crippen LogP contribution in [0.25, 0.3) is 0 Å². The van der Waals surface area contributed by atoms with Crippen LogP contribution in [0.15, 0.2) is 17.1 Å². The molecule has 0 saturated carbocycles. The Morgan fingerprint density at radius 1 is 1.29 bits per heavy atom. The van der Waals surface area contributed by atoms with Gasteiger partial charge in [-0.3, -0.25) is 4.79 Å². The molecule has 0 bridgehead atoms. The van der Waals surface area contributed by atoms with E-state index in [9.17, 15) is 4.79 Å². The third-order valence-electron chi connectivity index (χ3n) is 1.94. The molecule has 1 aromatic rings. The fraction of sp³-hybridized carbons (Fsp3) is 0.200. The predicted octanol–water partition coefficient (Wildman–Crippen LogP) is 0.771. The van der Waals surface area contributed by atoms with Crippen molar-refractivity contribution in [3.05, 3.63) is 22.7 Å². The molecule has 6 nitrogen and oxygen atoms in total. The third-order valence-corrected chi connectivity index (χ3v) is 2.24. The second-order valence-corrected chi connectivity index (χ2v) is 3.41.